The molecule has 2 N–H and O–H groups in total. The highest BCUT2D eigenvalue weighted by Crippen LogP contribution is 2.30. The number of likely N-dealkylation sites (tertiary alicyclic amines) is 1. The second-order valence-electron chi connectivity index (χ2n) is 5.26. The van der Waals surface area contributed by atoms with E-state index in [1.165, 1.54) is 16.7 Å². The first kappa shape index (κ1) is 14.5. The average molecular weight is 288 g/mol. The maximum Gasteiger partial charge on any atom is 0.327 e. The van der Waals surface area contributed by atoms with Gasteiger partial charge in [0, 0.05) is 18.8 Å². The number of rotatable bonds is 1. The lowest BCUT2D eigenvalue weighted by atomic mass is 9.96. The number of β-amino-alcohol motifs (C(OH)–C–C–N with tert-alkyl or cyclic N) is 1. The predicted octanol–water partition coefficient (Wildman–Crippen LogP) is 0.657. The molecule has 108 valence electrons. The normalized spacial score (nSPS) is 35.5. The van der Waals surface area contributed by atoms with Crippen LogP contribution in [0.1, 0.15) is 20.3 Å². The topological polar surface area (TPSA) is 81.1 Å². The van der Waals surface area contributed by atoms with Gasteiger partial charge >= 0.3 is 12.0 Å². The van der Waals surface area contributed by atoms with Gasteiger partial charge in [0.2, 0.25) is 0 Å². The molecule has 0 aliphatic carbocycles. The Labute approximate surface area is 116 Å². The highest BCUT2D eigenvalue weighted by atomic mass is 32.2. The zero-order valence-electron chi connectivity index (χ0n) is 11.2. The number of aliphatic hydroxyl groups excluding tert-OH is 1. The number of amides is 2. The highest BCUT2D eigenvalue weighted by Gasteiger charge is 2.42. The van der Waals surface area contributed by atoms with E-state index in [-0.39, 0.29) is 17.3 Å². The van der Waals surface area contributed by atoms with E-state index in [0.717, 1.165) is 6.42 Å². The average Bonchev–Trinajstić information content (AvgIpc) is 2.74. The third kappa shape index (κ3) is 2.81. The predicted molar refractivity (Wildman–Crippen MR) is 71.9 cm³/mol. The maximum absolute atomic E-state index is 12.4. The molecular weight excluding hydrogens is 268 g/mol. The summed E-state index contributed by atoms with van der Waals surface area (Å²) in [6.45, 7) is 4.67. The van der Waals surface area contributed by atoms with E-state index in [0.29, 0.717) is 18.8 Å². The summed E-state index contributed by atoms with van der Waals surface area (Å²) in [6.07, 6.45) is 0.228. The quantitative estimate of drug-likeness (QED) is 0.741. The SMILES string of the molecule is CC1CCN(C(=O)N2C(C)SCC2C(=O)O)CC1O. The summed E-state index contributed by atoms with van der Waals surface area (Å²) in [5.74, 6) is -0.351. The lowest BCUT2D eigenvalue weighted by molar-refractivity contribution is -0.141. The molecule has 0 aromatic heterocycles. The van der Waals surface area contributed by atoms with Crippen LogP contribution in [0.3, 0.4) is 0 Å². The Morgan fingerprint density at radius 3 is 2.58 bits per heavy atom. The molecule has 0 radical (unpaired) electrons. The van der Waals surface area contributed by atoms with E-state index in [1.54, 1.807) is 4.90 Å². The van der Waals surface area contributed by atoms with Crippen molar-refractivity contribution in [3.8, 4) is 0 Å². The number of carboxylic acids is 1. The van der Waals surface area contributed by atoms with E-state index < -0.39 is 18.1 Å². The number of hydrogen-bond acceptors (Lipinski definition) is 4. The van der Waals surface area contributed by atoms with Crippen LogP contribution in [0.4, 0.5) is 4.79 Å². The van der Waals surface area contributed by atoms with Gasteiger partial charge < -0.3 is 15.1 Å². The van der Waals surface area contributed by atoms with E-state index in [9.17, 15) is 14.7 Å². The number of thioether (sulfide) groups is 1. The van der Waals surface area contributed by atoms with Gasteiger partial charge in [-0.15, -0.1) is 11.8 Å². The number of piperidine rings is 1. The molecule has 2 aliphatic heterocycles. The first-order valence-electron chi connectivity index (χ1n) is 6.51. The van der Waals surface area contributed by atoms with Crippen LogP contribution in [-0.2, 0) is 4.79 Å². The Kier molecular flexibility index (Phi) is 4.25. The molecule has 0 aromatic rings. The number of hydrogen-bond donors (Lipinski definition) is 2. The molecular formula is C12H20N2O4S. The van der Waals surface area contributed by atoms with Gasteiger partial charge in [-0.2, -0.15) is 0 Å². The maximum atomic E-state index is 12.4. The molecule has 0 saturated carbocycles. The van der Waals surface area contributed by atoms with E-state index >= 15 is 0 Å². The number of nitrogens with zero attached hydrogens (tertiary/aromatic N) is 2. The molecule has 2 aliphatic rings. The second-order valence-corrected chi connectivity index (χ2v) is 6.60. The minimum Gasteiger partial charge on any atom is -0.480 e. The van der Waals surface area contributed by atoms with Crippen LogP contribution in [-0.4, -0.2) is 68.4 Å². The van der Waals surface area contributed by atoms with E-state index in [4.69, 9.17) is 5.11 Å². The first-order chi connectivity index (χ1) is 8.91. The fourth-order valence-electron chi connectivity index (χ4n) is 2.51. The van der Waals surface area contributed by atoms with Crippen LogP contribution in [0.15, 0.2) is 0 Å². The first-order valence-corrected chi connectivity index (χ1v) is 7.56. The lowest BCUT2D eigenvalue weighted by Crippen LogP contribution is -2.55. The van der Waals surface area contributed by atoms with Gasteiger partial charge in [0.05, 0.1) is 11.5 Å². The smallest absolute Gasteiger partial charge is 0.327 e. The molecule has 2 heterocycles. The lowest BCUT2D eigenvalue weighted by Gasteiger charge is -2.38. The van der Waals surface area contributed by atoms with Gasteiger partial charge in [-0.05, 0) is 19.3 Å². The van der Waals surface area contributed by atoms with Gasteiger partial charge in [0.25, 0.3) is 0 Å². The minimum absolute atomic E-state index is 0.134. The van der Waals surface area contributed by atoms with Crippen LogP contribution in [0.25, 0.3) is 0 Å². The fourth-order valence-corrected chi connectivity index (χ4v) is 3.67. The second kappa shape index (κ2) is 5.58. The fraction of sp³-hybridized carbons (Fsp3) is 0.833. The van der Waals surface area contributed by atoms with Crippen molar-refractivity contribution in [3.05, 3.63) is 0 Å². The van der Waals surface area contributed by atoms with Crippen molar-refractivity contribution in [2.75, 3.05) is 18.8 Å². The zero-order chi connectivity index (χ0) is 14.2. The van der Waals surface area contributed by atoms with Crippen LogP contribution < -0.4 is 0 Å². The summed E-state index contributed by atoms with van der Waals surface area (Å²) >= 11 is 1.47. The third-order valence-electron chi connectivity index (χ3n) is 3.92. The molecule has 0 bridgehead atoms. The van der Waals surface area contributed by atoms with Crippen LogP contribution in [0.5, 0.6) is 0 Å². The summed E-state index contributed by atoms with van der Waals surface area (Å²) in [4.78, 5) is 26.6. The zero-order valence-corrected chi connectivity index (χ0v) is 12.0. The van der Waals surface area contributed by atoms with Crippen LogP contribution in [0.2, 0.25) is 0 Å². The van der Waals surface area contributed by atoms with Crippen molar-refractivity contribution in [2.24, 2.45) is 5.92 Å². The van der Waals surface area contributed by atoms with Crippen molar-refractivity contribution in [3.63, 3.8) is 0 Å². The van der Waals surface area contributed by atoms with Crippen molar-refractivity contribution in [1.29, 1.82) is 0 Å². The van der Waals surface area contributed by atoms with Gasteiger partial charge in [-0.25, -0.2) is 9.59 Å². The molecule has 0 aromatic carbocycles. The number of urea groups is 1. The standard InChI is InChI=1S/C12H20N2O4S/c1-7-3-4-13(5-10(7)15)12(18)14-8(2)19-6-9(14)11(16)17/h7-10,15H,3-6H2,1-2H3,(H,16,17). The number of carboxylic acid groups (broad SMARTS) is 1. The Morgan fingerprint density at radius 2 is 2.00 bits per heavy atom. The largest absolute Gasteiger partial charge is 0.480 e. The van der Waals surface area contributed by atoms with Crippen molar-refractivity contribution in [2.45, 2.75) is 37.8 Å². The summed E-state index contributed by atoms with van der Waals surface area (Å²) in [7, 11) is 0. The minimum atomic E-state index is -0.962. The highest BCUT2D eigenvalue weighted by molar-refractivity contribution is 8.00. The molecule has 2 amide bonds. The van der Waals surface area contributed by atoms with E-state index in [1.807, 2.05) is 13.8 Å². The Hall–Kier alpha value is -0.950. The molecule has 2 saturated heterocycles. The van der Waals surface area contributed by atoms with E-state index in [2.05, 4.69) is 0 Å². The van der Waals surface area contributed by atoms with Gasteiger partial charge in [-0.3, -0.25) is 4.90 Å². The summed E-state index contributed by atoms with van der Waals surface area (Å²) < 4.78 is 0. The van der Waals surface area contributed by atoms with Crippen molar-refractivity contribution in [1.82, 2.24) is 9.80 Å². The van der Waals surface area contributed by atoms with Crippen LogP contribution in [0, 0.1) is 5.92 Å². The molecule has 0 spiro atoms. The van der Waals surface area contributed by atoms with Crippen molar-refractivity contribution < 1.29 is 19.8 Å². The molecule has 2 fully saturated rings. The number of aliphatic hydroxyl groups is 1. The molecule has 19 heavy (non-hydrogen) atoms. The summed E-state index contributed by atoms with van der Waals surface area (Å²) in [6, 6.07) is -1.03. The molecule has 7 heteroatoms. The Morgan fingerprint density at radius 1 is 1.32 bits per heavy atom. The molecule has 2 rings (SSSR count). The molecule has 6 nitrogen and oxygen atoms in total. The Bertz CT molecular complexity index is 379. The van der Waals surface area contributed by atoms with Gasteiger partial charge in [0.1, 0.15) is 6.04 Å². The molecule has 4 atom stereocenters. The number of aliphatic carboxylic acids is 1. The molecule has 4 unspecified atom stereocenters. The number of carbonyl (C=O) groups is 2. The number of carbonyl (C=O) groups excluding carboxylic acids is 1. The third-order valence-corrected chi connectivity index (χ3v) is 5.14. The van der Waals surface area contributed by atoms with Gasteiger partial charge in [-0.1, -0.05) is 6.92 Å². The monoisotopic (exact) mass is 288 g/mol. The van der Waals surface area contributed by atoms with Gasteiger partial charge in [0.15, 0.2) is 0 Å². The Balaban J connectivity index is 2.08. The summed E-state index contributed by atoms with van der Waals surface area (Å²) in [5, 5.41) is 18.9. The summed E-state index contributed by atoms with van der Waals surface area (Å²) in [5.41, 5.74) is 0. The van der Waals surface area contributed by atoms with Crippen LogP contribution >= 0.6 is 11.8 Å². The van der Waals surface area contributed by atoms with Crippen molar-refractivity contribution >= 4 is 23.8 Å².